The Kier molecular flexibility index (Phi) is 8.92. The number of unbranched alkanes of at least 4 members (excludes halogenated alkanes) is 1. The van der Waals surface area contributed by atoms with E-state index in [1.165, 1.54) is 0 Å². The van der Waals surface area contributed by atoms with Crippen molar-refractivity contribution in [2.24, 2.45) is 0 Å². The van der Waals surface area contributed by atoms with Crippen molar-refractivity contribution in [2.75, 3.05) is 24.2 Å². The molecule has 2 N–H and O–H groups in total. The minimum absolute atomic E-state index is 0.0541. The molecule has 0 saturated carbocycles. The third-order valence-corrected chi connectivity index (χ3v) is 8.38. The number of fused-ring (bicyclic) bond motifs is 1. The van der Waals surface area contributed by atoms with Crippen molar-refractivity contribution >= 4 is 34.3 Å². The maximum Gasteiger partial charge on any atom is 0.230 e. The van der Waals surface area contributed by atoms with Crippen LogP contribution < -0.4 is 10.6 Å². The number of pyridine rings is 1. The van der Waals surface area contributed by atoms with Gasteiger partial charge in [-0.2, -0.15) is 0 Å². The summed E-state index contributed by atoms with van der Waals surface area (Å²) in [4.78, 5) is 17.5. The van der Waals surface area contributed by atoms with E-state index in [1.54, 1.807) is 11.8 Å². The van der Waals surface area contributed by atoms with Gasteiger partial charge in [-0.3, -0.25) is 9.78 Å². The Bertz CT molecular complexity index is 1370. The highest BCUT2D eigenvalue weighted by molar-refractivity contribution is 8.01. The number of amides is 1. The van der Waals surface area contributed by atoms with E-state index < -0.39 is 4.75 Å². The summed E-state index contributed by atoms with van der Waals surface area (Å²) in [6.07, 6.45) is 3.69. The topological polar surface area (TPSA) is 54.0 Å². The fraction of sp³-hybridized carbons (Fsp3) is 0.176. The molecule has 5 heteroatoms. The standard InChI is InChI=1S/C34H33N3OS/c38-32(36-24-11-10-23-35-31-22-12-14-27-15-13-25-37-33(27)31)26-39-34(28-16-4-1-5-17-28,29-18-6-2-7-19-29)30-20-8-3-9-21-30/h1-9,12-22,25,35H,10-11,23-24,26H2,(H,36,38). The summed E-state index contributed by atoms with van der Waals surface area (Å²) in [6, 6.07) is 41.7. The number of anilines is 1. The predicted molar refractivity (Wildman–Crippen MR) is 164 cm³/mol. The maximum absolute atomic E-state index is 13.0. The molecule has 0 aliphatic heterocycles. The average Bonchev–Trinajstić information content (AvgIpc) is 3.01. The van der Waals surface area contributed by atoms with Crippen LogP contribution in [0.2, 0.25) is 0 Å². The molecule has 1 heterocycles. The van der Waals surface area contributed by atoms with Crippen molar-refractivity contribution < 1.29 is 4.79 Å². The van der Waals surface area contributed by atoms with Gasteiger partial charge >= 0.3 is 0 Å². The molecule has 5 rings (SSSR count). The first-order valence-corrected chi connectivity index (χ1v) is 14.4. The van der Waals surface area contributed by atoms with E-state index in [9.17, 15) is 4.79 Å². The Morgan fingerprint density at radius 2 is 1.23 bits per heavy atom. The van der Waals surface area contributed by atoms with Crippen LogP contribution in [0.5, 0.6) is 0 Å². The molecule has 4 nitrogen and oxygen atoms in total. The van der Waals surface area contributed by atoms with E-state index in [4.69, 9.17) is 0 Å². The summed E-state index contributed by atoms with van der Waals surface area (Å²) >= 11 is 1.67. The molecular formula is C34H33N3OS. The molecule has 1 amide bonds. The average molecular weight is 532 g/mol. The van der Waals surface area contributed by atoms with Gasteiger partial charge in [-0.25, -0.2) is 0 Å². The molecule has 0 aliphatic carbocycles. The van der Waals surface area contributed by atoms with Crippen LogP contribution in [0.3, 0.4) is 0 Å². The normalized spacial score (nSPS) is 11.3. The zero-order valence-corrected chi connectivity index (χ0v) is 22.7. The van der Waals surface area contributed by atoms with Crippen LogP contribution in [0.15, 0.2) is 128 Å². The van der Waals surface area contributed by atoms with Gasteiger partial charge in [-0.05, 0) is 41.7 Å². The van der Waals surface area contributed by atoms with Gasteiger partial charge in [-0.15, -0.1) is 11.8 Å². The number of rotatable bonds is 12. The van der Waals surface area contributed by atoms with E-state index in [0.29, 0.717) is 12.3 Å². The third kappa shape index (κ3) is 6.32. The van der Waals surface area contributed by atoms with Crippen LogP contribution in [0.1, 0.15) is 29.5 Å². The van der Waals surface area contributed by atoms with Crippen LogP contribution in [-0.2, 0) is 9.54 Å². The minimum Gasteiger partial charge on any atom is -0.383 e. The summed E-state index contributed by atoms with van der Waals surface area (Å²) < 4.78 is -0.489. The summed E-state index contributed by atoms with van der Waals surface area (Å²) in [6.45, 7) is 1.49. The number of hydrogen-bond acceptors (Lipinski definition) is 4. The van der Waals surface area contributed by atoms with Gasteiger partial charge in [-0.1, -0.05) is 109 Å². The SMILES string of the molecule is O=C(CSC(c1ccccc1)(c1ccccc1)c1ccccc1)NCCCCNc1cccc2cccnc12. The van der Waals surface area contributed by atoms with E-state index in [2.05, 4.69) is 107 Å². The van der Waals surface area contributed by atoms with Gasteiger partial charge in [0.2, 0.25) is 5.91 Å². The second-order valence-electron chi connectivity index (χ2n) is 9.43. The molecule has 0 atom stereocenters. The van der Waals surface area contributed by atoms with Crippen molar-refractivity contribution in [3.05, 3.63) is 144 Å². The molecule has 0 unspecified atom stereocenters. The number of benzene rings is 4. The van der Waals surface area contributed by atoms with Gasteiger partial charge in [0, 0.05) is 24.7 Å². The first-order valence-electron chi connectivity index (χ1n) is 13.4. The van der Waals surface area contributed by atoms with Crippen molar-refractivity contribution in [3.8, 4) is 0 Å². The Labute approximate surface area is 234 Å². The van der Waals surface area contributed by atoms with Crippen LogP contribution >= 0.6 is 11.8 Å². The first kappa shape index (κ1) is 26.5. The second-order valence-corrected chi connectivity index (χ2v) is 10.6. The predicted octanol–water partition coefficient (Wildman–Crippen LogP) is 7.27. The van der Waals surface area contributed by atoms with Gasteiger partial charge < -0.3 is 10.6 Å². The van der Waals surface area contributed by atoms with Crippen LogP contribution in [-0.4, -0.2) is 29.7 Å². The van der Waals surface area contributed by atoms with Crippen LogP contribution in [0.25, 0.3) is 10.9 Å². The molecule has 0 spiro atoms. The molecule has 0 aliphatic rings. The van der Waals surface area contributed by atoms with Crippen molar-refractivity contribution in [2.45, 2.75) is 17.6 Å². The van der Waals surface area contributed by atoms with Gasteiger partial charge in [0.15, 0.2) is 0 Å². The molecule has 0 saturated heterocycles. The number of carbonyl (C=O) groups is 1. The lowest BCUT2D eigenvalue weighted by Crippen LogP contribution is -2.31. The van der Waals surface area contributed by atoms with Crippen molar-refractivity contribution in [1.29, 1.82) is 0 Å². The Morgan fingerprint density at radius 3 is 1.85 bits per heavy atom. The molecular weight excluding hydrogens is 498 g/mol. The molecule has 1 aromatic heterocycles. The van der Waals surface area contributed by atoms with Crippen LogP contribution in [0, 0.1) is 0 Å². The summed E-state index contributed by atoms with van der Waals surface area (Å²) in [5, 5.41) is 7.76. The van der Waals surface area contributed by atoms with Crippen molar-refractivity contribution in [1.82, 2.24) is 10.3 Å². The summed E-state index contributed by atoms with van der Waals surface area (Å²) in [5.41, 5.74) is 5.52. The number of carbonyl (C=O) groups excluding carboxylic acids is 1. The monoisotopic (exact) mass is 531 g/mol. The summed E-state index contributed by atoms with van der Waals surface area (Å²) in [5.74, 6) is 0.414. The molecule has 0 fully saturated rings. The maximum atomic E-state index is 13.0. The van der Waals surface area contributed by atoms with Crippen LogP contribution in [0.4, 0.5) is 5.69 Å². The largest absolute Gasteiger partial charge is 0.383 e. The van der Waals surface area contributed by atoms with Gasteiger partial charge in [0.05, 0.1) is 21.7 Å². The number of hydrogen-bond donors (Lipinski definition) is 2. The van der Waals surface area contributed by atoms with Crippen molar-refractivity contribution in [3.63, 3.8) is 0 Å². The number of nitrogens with one attached hydrogen (secondary N) is 2. The van der Waals surface area contributed by atoms with Gasteiger partial charge in [0.1, 0.15) is 0 Å². The Balaban J connectivity index is 1.20. The van der Waals surface area contributed by atoms with E-state index >= 15 is 0 Å². The zero-order valence-electron chi connectivity index (χ0n) is 21.9. The molecule has 0 bridgehead atoms. The second kappa shape index (κ2) is 13.1. The van der Waals surface area contributed by atoms with Gasteiger partial charge in [0.25, 0.3) is 0 Å². The molecule has 196 valence electrons. The number of para-hydroxylation sites is 1. The highest BCUT2D eigenvalue weighted by Crippen LogP contribution is 2.48. The number of nitrogens with zero attached hydrogens (tertiary/aromatic N) is 1. The zero-order chi connectivity index (χ0) is 26.8. The number of aromatic nitrogens is 1. The molecule has 5 aromatic rings. The highest BCUT2D eigenvalue weighted by atomic mass is 32.2. The fourth-order valence-electron chi connectivity index (χ4n) is 4.94. The lowest BCUT2D eigenvalue weighted by Gasteiger charge is -2.35. The lowest BCUT2D eigenvalue weighted by molar-refractivity contribution is -0.118. The quantitative estimate of drug-likeness (QED) is 0.131. The molecule has 39 heavy (non-hydrogen) atoms. The third-order valence-electron chi connectivity index (χ3n) is 6.83. The fourth-order valence-corrected chi connectivity index (χ4v) is 6.30. The highest BCUT2D eigenvalue weighted by Gasteiger charge is 2.37. The smallest absolute Gasteiger partial charge is 0.230 e. The van der Waals surface area contributed by atoms with E-state index in [-0.39, 0.29) is 5.91 Å². The molecule has 0 radical (unpaired) electrons. The first-order chi connectivity index (χ1) is 19.3. The van der Waals surface area contributed by atoms with E-state index in [0.717, 1.165) is 52.7 Å². The Hall–Kier alpha value is -4.09. The number of thioether (sulfide) groups is 1. The minimum atomic E-state index is -0.489. The lowest BCUT2D eigenvalue weighted by atomic mass is 9.84. The van der Waals surface area contributed by atoms with E-state index in [1.807, 2.05) is 36.5 Å². The summed E-state index contributed by atoms with van der Waals surface area (Å²) in [7, 11) is 0. The Morgan fingerprint density at radius 1 is 0.667 bits per heavy atom. The molecule has 4 aromatic carbocycles.